The summed E-state index contributed by atoms with van der Waals surface area (Å²) >= 11 is 0. The van der Waals surface area contributed by atoms with Gasteiger partial charge in [-0.05, 0) is 44.2 Å². The zero-order valence-electron chi connectivity index (χ0n) is 11.4. The van der Waals surface area contributed by atoms with Crippen LogP contribution in [0, 0.1) is 0 Å². The third-order valence-corrected chi connectivity index (χ3v) is 2.54. The molecule has 5 nitrogen and oxygen atoms in total. The van der Waals surface area contributed by atoms with Gasteiger partial charge in [0.25, 0.3) is 0 Å². The summed E-state index contributed by atoms with van der Waals surface area (Å²) in [6.45, 7) is 3.94. The highest BCUT2D eigenvalue weighted by atomic mass is 16.5. The molecule has 1 aromatic heterocycles. The molecule has 0 spiro atoms. The van der Waals surface area contributed by atoms with E-state index in [0.29, 0.717) is 11.5 Å². The quantitative estimate of drug-likeness (QED) is 0.905. The van der Waals surface area contributed by atoms with Gasteiger partial charge in [0.2, 0.25) is 0 Å². The lowest BCUT2D eigenvalue weighted by Gasteiger charge is -2.10. The van der Waals surface area contributed by atoms with Crippen LogP contribution in [0.2, 0.25) is 0 Å². The molecule has 0 amide bonds. The largest absolute Gasteiger partial charge is 0.491 e. The molecule has 0 atom stereocenters. The van der Waals surface area contributed by atoms with Crippen LogP contribution in [0.4, 0.5) is 0 Å². The number of hydrogen-bond donors (Lipinski definition) is 1. The summed E-state index contributed by atoms with van der Waals surface area (Å²) < 4.78 is 5.57. The van der Waals surface area contributed by atoms with Crippen LogP contribution < -0.4 is 4.74 Å². The molecule has 1 heterocycles. The smallest absolute Gasteiger partial charge is 0.311 e. The van der Waals surface area contributed by atoms with Gasteiger partial charge in [0, 0.05) is 11.8 Å². The molecule has 2 aromatic rings. The van der Waals surface area contributed by atoms with E-state index in [0.717, 1.165) is 11.3 Å². The number of aromatic nitrogens is 2. The van der Waals surface area contributed by atoms with E-state index in [1.165, 1.54) is 0 Å². The number of carboxylic acid groups (broad SMARTS) is 1. The highest BCUT2D eigenvalue weighted by Gasteiger charge is 2.06. The number of hydrogen-bond acceptors (Lipinski definition) is 4. The highest BCUT2D eigenvalue weighted by Crippen LogP contribution is 2.21. The molecule has 1 aromatic carbocycles. The van der Waals surface area contributed by atoms with Crippen LogP contribution in [0.15, 0.2) is 36.5 Å². The third-order valence-electron chi connectivity index (χ3n) is 2.54. The molecule has 0 fully saturated rings. The molecule has 0 aliphatic carbocycles. The number of rotatable bonds is 5. The van der Waals surface area contributed by atoms with Crippen molar-refractivity contribution in [3.8, 4) is 17.0 Å². The van der Waals surface area contributed by atoms with Crippen molar-refractivity contribution in [3.05, 3.63) is 42.4 Å². The van der Waals surface area contributed by atoms with Crippen molar-refractivity contribution in [1.82, 2.24) is 9.97 Å². The molecule has 104 valence electrons. The second-order valence-electron chi connectivity index (χ2n) is 4.62. The van der Waals surface area contributed by atoms with Crippen molar-refractivity contribution in [1.29, 1.82) is 0 Å². The molecular formula is C15H16N2O3. The van der Waals surface area contributed by atoms with Gasteiger partial charge in [-0.15, -0.1) is 0 Å². The number of aliphatic carboxylic acids is 1. The number of carbonyl (C=O) groups is 1. The van der Waals surface area contributed by atoms with Crippen LogP contribution in [0.1, 0.15) is 19.7 Å². The van der Waals surface area contributed by atoms with Gasteiger partial charge in [0.15, 0.2) is 0 Å². The minimum atomic E-state index is -0.942. The van der Waals surface area contributed by atoms with Crippen LogP contribution in [-0.2, 0) is 11.2 Å². The van der Waals surface area contributed by atoms with Gasteiger partial charge < -0.3 is 9.84 Å². The van der Waals surface area contributed by atoms with Crippen LogP contribution >= 0.6 is 0 Å². The fourth-order valence-electron chi connectivity index (χ4n) is 1.76. The zero-order valence-corrected chi connectivity index (χ0v) is 11.4. The van der Waals surface area contributed by atoms with Crippen molar-refractivity contribution in [3.63, 3.8) is 0 Å². The summed E-state index contributed by atoms with van der Waals surface area (Å²) in [6.07, 6.45) is 1.52. The Bertz CT molecular complexity index is 594. The van der Waals surface area contributed by atoms with Crippen LogP contribution in [0.3, 0.4) is 0 Å². The molecule has 0 saturated carbocycles. The number of benzene rings is 1. The monoisotopic (exact) mass is 272 g/mol. The maximum atomic E-state index is 10.7. The second kappa shape index (κ2) is 6.14. The van der Waals surface area contributed by atoms with Crippen molar-refractivity contribution >= 4 is 5.97 Å². The van der Waals surface area contributed by atoms with E-state index in [1.54, 1.807) is 12.3 Å². The number of nitrogens with zero attached hydrogens (tertiary/aromatic N) is 2. The Morgan fingerprint density at radius 1 is 1.25 bits per heavy atom. The van der Waals surface area contributed by atoms with E-state index >= 15 is 0 Å². The number of ether oxygens (including phenoxy) is 1. The van der Waals surface area contributed by atoms with Crippen LogP contribution in [0.5, 0.6) is 5.75 Å². The first-order chi connectivity index (χ1) is 9.54. The van der Waals surface area contributed by atoms with Crippen LogP contribution in [-0.4, -0.2) is 27.1 Å². The van der Waals surface area contributed by atoms with Gasteiger partial charge >= 0.3 is 5.97 Å². The summed E-state index contributed by atoms with van der Waals surface area (Å²) in [7, 11) is 0. The minimum absolute atomic E-state index is 0.127. The summed E-state index contributed by atoms with van der Waals surface area (Å²) in [5, 5.41) is 8.75. The number of carboxylic acids is 1. The standard InChI is InChI=1S/C15H16N2O3/c1-10(2)20-12-5-3-11(4-6-12)13-7-8-16-14(17-13)9-15(18)19/h3-8,10H,9H2,1-2H3,(H,18,19). The van der Waals surface area contributed by atoms with E-state index in [1.807, 2.05) is 38.1 Å². The second-order valence-corrected chi connectivity index (χ2v) is 4.62. The fourth-order valence-corrected chi connectivity index (χ4v) is 1.76. The maximum Gasteiger partial charge on any atom is 0.311 e. The van der Waals surface area contributed by atoms with Crippen molar-refractivity contribution in [2.75, 3.05) is 0 Å². The Hall–Kier alpha value is -2.43. The Kier molecular flexibility index (Phi) is 4.30. The van der Waals surface area contributed by atoms with Crippen molar-refractivity contribution < 1.29 is 14.6 Å². The Morgan fingerprint density at radius 2 is 1.95 bits per heavy atom. The lowest BCUT2D eigenvalue weighted by Crippen LogP contribution is -2.05. The van der Waals surface area contributed by atoms with Gasteiger partial charge in [0.05, 0.1) is 11.8 Å². The third kappa shape index (κ3) is 3.78. The van der Waals surface area contributed by atoms with E-state index in [9.17, 15) is 4.79 Å². The summed E-state index contributed by atoms with van der Waals surface area (Å²) in [6, 6.07) is 9.28. The Balaban J connectivity index is 2.20. The Labute approximate surface area is 117 Å². The molecule has 0 saturated heterocycles. The van der Waals surface area contributed by atoms with E-state index in [2.05, 4.69) is 9.97 Å². The lowest BCUT2D eigenvalue weighted by molar-refractivity contribution is -0.136. The summed E-state index contributed by atoms with van der Waals surface area (Å²) in [5.41, 5.74) is 1.60. The predicted octanol–water partition coefficient (Wildman–Crippen LogP) is 2.56. The predicted molar refractivity (Wildman–Crippen MR) is 74.6 cm³/mol. The molecule has 0 unspecified atom stereocenters. The van der Waals surface area contributed by atoms with Gasteiger partial charge in [-0.1, -0.05) is 0 Å². The summed E-state index contributed by atoms with van der Waals surface area (Å²) in [4.78, 5) is 18.9. The molecule has 2 rings (SSSR count). The summed E-state index contributed by atoms with van der Waals surface area (Å²) in [5.74, 6) is 0.156. The van der Waals surface area contributed by atoms with Crippen molar-refractivity contribution in [2.24, 2.45) is 0 Å². The molecule has 0 bridgehead atoms. The SMILES string of the molecule is CC(C)Oc1ccc(-c2ccnc(CC(=O)O)n2)cc1. The normalized spacial score (nSPS) is 10.6. The van der Waals surface area contributed by atoms with Gasteiger partial charge in [-0.2, -0.15) is 0 Å². The molecule has 0 aliphatic rings. The minimum Gasteiger partial charge on any atom is -0.491 e. The molecule has 5 heteroatoms. The van der Waals surface area contributed by atoms with Crippen molar-refractivity contribution in [2.45, 2.75) is 26.4 Å². The first-order valence-corrected chi connectivity index (χ1v) is 6.35. The molecule has 0 aliphatic heterocycles. The van der Waals surface area contributed by atoms with Gasteiger partial charge in [-0.3, -0.25) is 4.79 Å². The maximum absolute atomic E-state index is 10.7. The topological polar surface area (TPSA) is 72.3 Å². The van der Waals surface area contributed by atoms with E-state index in [-0.39, 0.29) is 12.5 Å². The lowest BCUT2D eigenvalue weighted by atomic mass is 10.1. The Morgan fingerprint density at radius 3 is 2.55 bits per heavy atom. The average molecular weight is 272 g/mol. The first kappa shape index (κ1) is 14.0. The van der Waals surface area contributed by atoms with Crippen LogP contribution in [0.25, 0.3) is 11.3 Å². The average Bonchev–Trinajstić information content (AvgIpc) is 2.38. The molecule has 20 heavy (non-hydrogen) atoms. The fraction of sp³-hybridized carbons (Fsp3) is 0.267. The molecule has 1 N–H and O–H groups in total. The highest BCUT2D eigenvalue weighted by molar-refractivity contribution is 5.69. The van der Waals surface area contributed by atoms with E-state index in [4.69, 9.17) is 9.84 Å². The van der Waals surface area contributed by atoms with Gasteiger partial charge in [0.1, 0.15) is 18.0 Å². The molecular weight excluding hydrogens is 256 g/mol. The molecule has 0 radical (unpaired) electrons. The zero-order chi connectivity index (χ0) is 14.5. The van der Waals surface area contributed by atoms with Gasteiger partial charge in [-0.25, -0.2) is 9.97 Å². The first-order valence-electron chi connectivity index (χ1n) is 6.35. The van der Waals surface area contributed by atoms with E-state index < -0.39 is 5.97 Å².